The molecule has 1 fully saturated rings. The molecule has 4 rings (SSSR count). The molecule has 1 aromatic carbocycles. The van der Waals surface area contributed by atoms with Crippen molar-refractivity contribution in [3.63, 3.8) is 0 Å². The molecule has 35 heavy (non-hydrogen) atoms. The van der Waals surface area contributed by atoms with E-state index in [0.29, 0.717) is 42.3 Å². The van der Waals surface area contributed by atoms with E-state index in [0.717, 1.165) is 6.07 Å². The lowest BCUT2D eigenvalue weighted by molar-refractivity contribution is -0.274. The number of ether oxygens (including phenoxy) is 1. The fourth-order valence-electron chi connectivity index (χ4n) is 4.35. The summed E-state index contributed by atoms with van der Waals surface area (Å²) in [7, 11) is 1.56. The molecule has 1 N–H and O–H groups in total. The summed E-state index contributed by atoms with van der Waals surface area (Å²) < 4.78 is 56.7. The Labute approximate surface area is 202 Å². The number of anilines is 2. The maximum Gasteiger partial charge on any atom is 0.573 e. The van der Waals surface area contributed by atoms with Gasteiger partial charge in [-0.05, 0) is 36.6 Å². The van der Waals surface area contributed by atoms with E-state index >= 15 is 0 Å². The van der Waals surface area contributed by atoms with Gasteiger partial charge >= 0.3 is 6.36 Å². The molecule has 0 aliphatic carbocycles. The minimum absolute atomic E-state index is 0.0420. The van der Waals surface area contributed by atoms with Crippen molar-refractivity contribution in [2.75, 3.05) is 23.3 Å². The number of fused-ring (bicyclic) bond motifs is 1. The Morgan fingerprint density at radius 1 is 1.29 bits per heavy atom. The summed E-state index contributed by atoms with van der Waals surface area (Å²) in [6, 6.07) is 7.93. The van der Waals surface area contributed by atoms with Gasteiger partial charge in [0, 0.05) is 32.2 Å². The number of aromatic nitrogens is 2. The number of nitrogens with zero attached hydrogens (tertiary/aromatic N) is 4. The van der Waals surface area contributed by atoms with Gasteiger partial charge in [0.05, 0.1) is 16.9 Å². The zero-order valence-corrected chi connectivity index (χ0v) is 19.4. The third-order valence-electron chi connectivity index (χ3n) is 6.03. The minimum Gasteiger partial charge on any atom is -0.406 e. The highest BCUT2D eigenvalue weighted by molar-refractivity contribution is 6.29. The van der Waals surface area contributed by atoms with Crippen molar-refractivity contribution in [3.05, 3.63) is 57.2 Å². The van der Waals surface area contributed by atoms with Crippen LogP contribution < -0.4 is 20.5 Å². The standard InChI is InChI=1S/C23H20ClF4N5O2/c1-12-11-33(21-14(10-29)22(34)32(2)18-5-6-19(24)31-20(18)21)8-7-16(12)30-17-4-3-13(9-15(17)25)35-23(26,27)28/h3-6,9,12,16,30H,7-8,11H2,1-2H3. The second-order valence-electron chi connectivity index (χ2n) is 8.35. The summed E-state index contributed by atoms with van der Waals surface area (Å²) in [5, 5.41) is 13.0. The van der Waals surface area contributed by atoms with E-state index in [1.807, 2.05) is 17.9 Å². The average molecular weight is 510 g/mol. The summed E-state index contributed by atoms with van der Waals surface area (Å²) in [6.45, 7) is 2.75. The van der Waals surface area contributed by atoms with E-state index in [4.69, 9.17) is 11.6 Å². The fourth-order valence-corrected chi connectivity index (χ4v) is 4.50. The van der Waals surface area contributed by atoms with Crippen LogP contribution in [0.1, 0.15) is 18.9 Å². The first-order valence-corrected chi connectivity index (χ1v) is 11.0. The molecule has 3 aromatic rings. The number of hydrogen-bond acceptors (Lipinski definition) is 6. The third-order valence-corrected chi connectivity index (χ3v) is 6.24. The molecule has 2 aromatic heterocycles. The summed E-state index contributed by atoms with van der Waals surface area (Å²) in [6.07, 6.45) is -4.41. The van der Waals surface area contributed by atoms with E-state index < -0.39 is 23.5 Å². The van der Waals surface area contributed by atoms with Crippen LogP contribution in [0.4, 0.5) is 28.9 Å². The van der Waals surface area contributed by atoms with Crippen LogP contribution in [0.25, 0.3) is 11.0 Å². The normalized spacial score (nSPS) is 18.4. The lowest BCUT2D eigenvalue weighted by atomic mass is 9.92. The molecule has 0 spiro atoms. The van der Waals surface area contributed by atoms with Gasteiger partial charge in [-0.2, -0.15) is 5.26 Å². The SMILES string of the molecule is CC1CN(c2c(C#N)c(=O)n(C)c3ccc(Cl)nc23)CCC1Nc1ccc(OC(F)(F)F)cc1F. The maximum atomic E-state index is 14.4. The van der Waals surface area contributed by atoms with Crippen LogP contribution >= 0.6 is 11.6 Å². The van der Waals surface area contributed by atoms with E-state index in [-0.39, 0.29) is 28.4 Å². The molecule has 0 radical (unpaired) electrons. The second-order valence-corrected chi connectivity index (χ2v) is 8.74. The largest absolute Gasteiger partial charge is 0.573 e. The van der Waals surface area contributed by atoms with Gasteiger partial charge in [-0.25, -0.2) is 9.37 Å². The quantitative estimate of drug-likeness (QED) is 0.401. The lowest BCUT2D eigenvalue weighted by Crippen LogP contribution is -2.46. The molecule has 0 bridgehead atoms. The van der Waals surface area contributed by atoms with Gasteiger partial charge in [0.15, 0.2) is 0 Å². The Kier molecular flexibility index (Phi) is 6.51. The van der Waals surface area contributed by atoms with Crippen LogP contribution in [0.2, 0.25) is 5.15 Å². The number of hydrogen-bond donors (Lipinski definition) is 1. The van der Waals surface area contributed by atoms with Gasteiger partial charge in [-0.15, -0.1) is 13.2 Å². The number of nitriles is 1. The first-order chi connectivity index (χ1) is 16.5. The van der Waals surface area contributed by atoms with Gasteiger partial charge in [-0.3, -0.25) is 4.79 Å². The van der Waals surface area contributed by atoms with Gasteiger partial charge in [0.1, 0.15) is 33.9 Å². The van der Waals surface area contributed by atoms with Gasteiger partial charge in [-0.1, -0.05) is 18.5 Å². The van der Waals surface area contributed by atoms with Crippen LogP contribution in [0.5, 0.6) is 5.75 Å². The summed E-state index contributed by atoms with van der Waals surface area (Å²) in [4.78, 5) is 19.1. The number of aryl methyl sites for hydroxylation is 1. The average Bonchev–Trinajstić information content (AvgIpc) is 2.78. The van der Waals surface area contributed by atoms with Crippen molar-refractivity contribution in [2.24, 2.45) is 13.0 Å². The molecule has 1 aliphatic rings. The van der Waals surface area contributed by atoms with Gasteiger partial charge in [0.2, 0.25) is 0 Å². The number of rotatable bonds is 4. The molecule has 12 heteroatoms. The van der Waals surface area contributed by atoms with E-state index in [2.05, 4.69) is 15.0 Å². The van der Waals surface area contributed by atoms with Crippen molar-refractivity contribution in [1.82, 2.24) is 9.55 Å². The van der Waals surface area contributed by atoms with E-state index in [9.17, 15) is 27.6 Å². The lowest BCUT2D eigenvalue weighted by Gasteiger charge is -2.39. The zero-order valence-electron chi connectivity index (χ0n) is 18.7. The Balaban J connectivity index is 1.59. The Hall–Kier alpha value is -3.52. The van der Waals surface area contributed by atoms with Crippen molar-refractivity contribution in [2.45, 2.75) is 25.7 Å². The molecule has 2 unspecified atom stereocenters. The number of benzene rings is 1. The highest BCUT2D eigenvalue weighted by Crippen LogP contribution is 2.33. The molecule has 3 heterocycles. The fraction of sp³-hybridized carbons (Fsp3) is 0.348. The van der Waals surface area contributed by atoms with Crippen molar-refractivity contribution in [1.29, 1.82) is 5.26 Å². The molecule has 1 saturated heterocycles. The van der Waals surface area contributed by atoms with Crippen LogP contribution in [0, 0.1) is 23.1 Å². The maximum absolute atomic E-state index is 14.4. The van der Waals surface area contributed by atoms with Crippen LogP contribution in [-0.2, 0) is 7.05 Å². The first kappa shape index (κ1) is 24.6. The van der Waals surface area contributed by atoms with Gasteiger partial charge in [0.25, 0.3) is 5.56 Å². The number of alkyl halides is 3. The molecule has 0 saturated carbocycles. The highest BCUT2D eigenvalue weighted by Gasteiger charge is 2.32. The second kappa shape index (κ2) is 9.26. The van der Waals surface area contributed by atoms with Crippen molar-refractivity contribution in [3.8, 4) is 11.8 Å². The molecule has 0 amide bonds. The molecule has 184 valence electrons. The molecular weight excluding hydrogens is 490 g/mol. The third kappa shape index (κ3) is 4.98. The predicted octanol–water partition coefficient (Wildman–Crippen LogP) is 4.82. The molecule has 7 nitrogen and oxygen atoms in total. The van der Waals surface area contributed by atoms with Crippen molar-refractivity contribution >= 4 is 34.0 Å². The Bertz CT molecular complexity index is 1390. The molecular formula is C23H20ClF4N5O2. The summed E-state index contributed by atoms with van der Waals surface area (Å²) >= 11 is 6.10. The Morgan fingerprint density at radius 2 is 2.03 bits per heavy atom. The summed E-state index contributed by atoms with van der Waals surface area (Å²) in [5.74, 6) is -1.60. The number of halogens is 5. The predicted molar refractivity (Wildman–Crippen MR) is 123 cm³/mol. The number of pyridine rings is 2. The number of nitrogens with one attached hydrogen (secondary N) is 1. The summed E-state index contributed by atoms with van der Waals surface area (Å²) in [5.41, 5.74) is 0.925. The van der Waals surface area contributed by atoms with Gasteiger partial charge < -0.3 is 19.5 Å². The molecule has 1 aliphatic heterocycles. The Morgan fingerprint density at radius 3 is 2.66 bits per heavy atom. The van der Waals surface area contributed by atoms with Crippen LogP contribution in [-0.4, -0.2) is 35.0 Å². The van der Waals surface area contributed by atoms with E-state index in [1.165, 1.54) is 10.6 Å². The zero-order chi connectivity index (χ0) is 25.5. The van der Waals surface area contributed by atoms with Crippen LogP contribution in [0.3, 0.4) is 0 Å². The topological polar surface area (TPSA) is 83.2 Å². The highest BCUT2D eigenvalue weighted by atomic mass is 35.5. The van der Waals surface area contributed by atoms with E-state index in [1.54, 1.807) is 19.2 Å². The monoisotopic (exact) mass is 509 g/mol. The molecule has 2 atom stereocenters. The van der Waals surface area contributed by atoms with Crippen LogP contribution in [0.15, 0.2) is 35.1 Å². The smallest absolute Gasteiger partial charge is 0.406 e. The number of piperidine rings is 1. The van der Waals surface area contributed by atoms with Crippen molar-refractivity contribution < 1.29 is 22.3 Å². The minimum atomic E-state index is -4.91. The first-order valence-electron chi connectivity index (χ1n) is 10.6.